The summed E-state index contributed by atoms with van der Waals surface area (Å²) < 4.78 is 13.9. The molecule has 1 aliphatic carbocycles. The van der Waals surface area contributed by atoms with Crippen LogP contribution in [0.5, 0.6) is 0 Å². The van der Waals surface area contributed by atoms with Gasteiger partial charge in [-0.3, -0.25) is 0 Å². The van der Waals surface area contributed by atoms with Gasteiger partial charge in [-0.25, -0.2) is 4.39 Å². The van der Waals surface area contributed by atoms with E-state index in [0.29, 0.717) is 6.04 Å². The van der Waals surface area contributed by atoms with Crippen molar-refractivity contribution in [1.29, 1.82) is 0 Å². The number of nitrogens with one attached hydrogen (secondary N) is 1. The van der Waals surface area contributed by atoms with Crippen molar-refractivity contribution in [2.45, 2.75) is 38.6 Å². The van der Waals surface area contributed by atoms with E-state index in [-0.39, 0.29) is 5.82 Å². The molecule has 1 aromatic carbocycles. The van der Waals surface area contributed by atoms with Gasteiger partial charge in [0.25, 0.3) is 0 Å². The number of hydrogen-bond donors (Lipinski definition) is 1. The summed E-state index contributed by atoms with van der Waals surface area (Å²) in [5, 5.41) is 3.61. The molecule has 0 saturated heterocycles. The molecule has 1 unspecified atom stereocenters. The molecular weight excluding hydrogens is 281 g/mol. The summed E-state index contributed by atoms with van der Waals surface area (Å²) in [6.07, 6.45) is 4.82. The Morgan fingerprint density at radius 3 is 2.82 bits per heavy atom. The van der Waals surface area contributed by atoms with E-state index in [9.17, 15) is 4.39 Å². The number of rotatable bonds is 6. The third-order valence-electron chi connectivity index (χ3n) is 3.30. The van der Waals surface area contributed by atoms with Gasteiger partial charge in [-0.1, -0.05) is 28.9 Å². The van der Waals surface area contributed by atoms with Crippen LogP contribution in [0.4, 0.5) is 4.39 Å². The van der Waals surface area contributed by atoms with Crippen molar-refractivity contribution in [3.8, 4) is 0 Å². The lowest BCUT2D eigenvalue weighted by Gasteiger charge is -2.18. The third-order valence-corrected chi connectivity index (χ3v) is 4.04. The lowest BCUT2D eigenvalue weighted by Crippen LogP contribution is -2.33. The van der Waals surface area contributed by atoms with E-state index in [2.05, 4.69) is 28.2 Å². The standard InChI is InChI=1S/C14H19BrFN/c1-2-7-17-14(10-3-4-10)8-11-5-6-12(16)9-13(11)15/h5-6,9-10,14,17H,2-4,7-8H2,1H3. The van der Waals surface area contributed by atoms with E-state index in [0.717, 1.165) is 29.8 Å². The van der Waals surface area contributed by atoms with E-state index >= 15 is 0 Å². The molecule has 1 saturated carbocycles. The summed E-state index contributed by atoms with van der Waals surface area (Å²) in [4.78, 5) is 0. The Bertz CT molecular complexity index is 376. The Hall–Kier alpha value is -0.410. The highest BCUT2D eigenvalue weighted by Gasteiger charge is 2.30. The van der Waals surface area contributed by atoms with Crippen LogP contribution in [0.15, 0.2) is 22.7 Å². The van der Waals surface area contributed by atoms with E-state index in [1.54, 1.807) is 12.1 Å². The van der Waals surface area contributed by atoms with Crippen LogP contribution in [-0.4, -0.2) is 12.6 Å². The maximum absolute atomic E-state index is 13.0. The molecular formula is C14H19BrFN. The number of benzene rings is 1. The first kappa shape index (κ1) is 13.0. The summed E-state index contributed by atoms with van der Waals surface area (Å²) in [6, 6.07) is 5.54. The van der Waals surface area contributed by atoms with E-state index < -0.39 is 0 Å². The minimum absolute atomic E-state index is 0.176. The quantitative estimate of drug-likeness (QED) is 0.840. The molecule has 1 fully saturated rings. The van der Waals surface area contributed by atoms with Gasteiger partial charge in [-0.2, -0.15) is 0 Å². The van der Waals surface area contributed by atoms with Crippen molar-refractivity contribution in [2.24, 2.45) is 5.92 Å². The summed E-state index contributed by atoms with van der Waals surface area (Å²) in [5.41, 5.74) is 1.20. The molecule has 2 rings (SSSR count). The van der Waals surface area contributed by atoms with Crippen LogP contribution >= 0.6 is 15.9 Å². The van der Waals surface area contributed by atoms with Crippen LogP contribution in [0, 0.1) is 11.7 Å². The molecule has 1 atom stereocenters. The maximum Gasteiger partial charge on any atom is 0.124 e. The molecule has 0 radical (unpaired) electrons. The van der Waals surface area contributed by atoms with Crippen molar-refractivity contribution in [3.63, 3.8) is 0 Å². The zero-order valence-corrected chi connectivity index (χ0v) is 11.8. The minimum atomic E-state index is -0.176. The summed E-state index contributed by atoms with van der Waals surface area (Å²) >= 11 is 3.45. The zero-order chi connectivity index (χ0) is 12.3. The van der Waals surface area contributed by atoms with E-state index in [4.69, 9.17) is 0 Å². The maximum atomic E-state index is 13.0. The lowest BCUT2D eigenvalue weighted by atomic mass is 10.0. The van der Waals surface area contributed by atoms with E-state index in [1.807, 2.05) is 6.07 Å². The van der Waals surface area contributed by atoms with Gasteiger partial charge in [0.2, 0.25) is 0 Å². The summed E-state index contributed by atoms with van der Waals surface area (Å²) in [5.74, 6) is 0.642. The molecule has 1 aliphatic rings. The molecule has 0 amide bonds. The van der Waals surface area contributed by atoms with Crippen LogP contribution in [0.2, 0.25) is 0 Å². The Kier molecular flexibility index (Phi) is 4.57. The molecule has 1 N–H and O–H groups in total. The Balaban J connectivity index is 2.00. The van der Waals surface area contributed by atoms with Crippen LogP contribution in [0.3, 0.4) is 0 Å². The fourth-order valence-corrected chi connectivity index (χ4v) is 2.67. The predicted molar refractivity (Wildman–Crippen MR) is 72.6 cm³/mol. The normalized spacial score (nSPS) is 17.1. The molecule has 1 nitrogen and oxygen atoms in total. The molecule has 1 aromatic rings. The monoisotopic (exact) mass is 299 g/mol. The van der Waals surface area contributed by atoms with Crippen molar-refractivity contribution < 1.29 is 4.39 Å². The van der Waals surface area contributed by atoms with Crippen LogP contribution in [-0.2, 0) is 6.42 Å². The first-order chi connectivity index (χ1) is 8.20. The van der Waals surface area contributed by atoms with Gasteiger partial charge in [0.1, 0.15) is 5.82 Å². The first-order valence-electron chi connectivity index (χ1n) is 6.38. The van der Waals surface area contributed by atoms with Crippen molar-refractivity contribution in [2.75, 3.05) is 6.54 Å². The Morgan fingerprint density at radius 2 is 2.24 bits per heavy atom. The highest BCUT2D eigenvalue weighted by molar-refractivity contribution is 9.10. The predicted octanol–water partition coefficient (Wildman–Crippen LogP) is 3.91. The molecule has 0 aromatic heterocycles. The fraction of sp³-hybridized carbons (Fsp3) is 0.571. The van der Waals surface area contributed by atoms with E-state index in [1.165, 1.54) is 18.4 Å². The van der Waals surface area contributed by atoms with Crippen LogP contribution in [0.25, 0.3) is 0 Å². The van der Waals surface area contributed by atoms with Crippen molar-refractivity contribution >= 4 is 15.9 Å². The van der Waals surface area contributed by atoms with Crippen molar-refractivity contribution in [3.05, 3.63) is 34.1 Å². The topological polar surface area (TPSA) is 12.0 Å². The molecule has 94 valence electrons. The molecule has 0 heterocycles. The highest BCUT2D eigenvalue weighted by atomic mass is 79.9. The minimum Gasteiger partial charge on any atom is -0.313 e. The molecule has 3 heteroatoms. The SMILES string of the molecule is CCCNC(Cc1ccc(F)cc1Br)C1CC1. The molecule has 17 heavy (non-hydrogen) atoms. The summed E-state index contributed by atoms with van der Waals surface area (Å²) in [6.45, 7) is 3.25. The Labute approximate surface area is 111 Å². The third kappa shape index (κ3) is 3.78. The van der Waals surface area contributed by atoms with Gasteiger partial charge < -0.3 is 5.32 Å². The average Bonchev–Trinajstić information content (AvgIpc) is 3.11. The first-order valence-corrected chi connectivity index (χ1v) is 7.17. The average molecular weight is 300 g/mol. The largest absolute Gasteiger partial charge is 0.313 e. The lowest BCUT2D eigenvalue weighted by molar-refractivity contribution is 0.459. The second-order valence-electron chi connectivity index (χ2n) is 4.84. The molecule has 0 aliphatic heterocycles. The molecule has 0 spiro atoms. The van der Waals surface area contributed by atoms with Gasteiger partial charge in [0, 0.05) is 10.5 Å². The van der Waals surface area contributed by atoms with Gasteiger partial charge in [0.15, 0.2) is 0 Å². The van der Waals surface area contributed by atoms with Crippen LogP contribution in [0.1, 0.15) is 31.7 Å². The van der Waals surface area contributed by atoms with Crippen LogP contribution < -0.4 is 5.32 Å². The van der Waals surface area contributed by atoms with Gasteiger partial charge in [-0.15, -0.1) is 0 Å². The number of halogens is 2. The van der Waals surface area contributed by atoms with Gasteiger partial charge in [0.05, 0.1) is 0 Å². The number of hydrogen-bond acceptors (Lipinski definition) is 1. The fourth-order valence-electron chi connectivity index (χ4n) is 2.16. The highest BCUT2D eigenvalue weighted by Crippen LogP contribution is 2.35. The Morgan fingerprint density at radius 1 is 1.47 bits per heavy atom. The second-order valence-corrected chi connectivity index (χ2v) is 5.69. The van der Waals surface area contributed by atoms with Gasteiger partial charge >= 0.3 is 0 Å². The van der Waals surface area contributed by atoms with Crippen molar-refractivity contribution in [1.82, 2.24) is 5.32 Å². The summed E-state index contributed by atoms with van der Waals surface area (Å²) in [7, 11) is 0. The van der Waals surface area contributed by atoms with Gasteiger partial charge in [-0.05, 0) is 55.8 Å². The second kappa shape index (κ2) is 5.96. The smallest absolute Gasteiger partial charge is 0.124 e. The molecule has 0 bridgehead atoms. The zero-order valence-electron chi connectivity index (χ0n) is 10.2.